The van der Waals surface area contributed by atoms with E-state index in [4.69, 9.17) is 14.2 Å². The Morgan fingerprint density at radius 3 is 2.09 bits per heavy atom. The van der Waals surface area contributed by atoms with Crippen LogP contribution in [0.15, 0.2) is 66.7 Å². The van der Waals surface area contributed by atoms with Gasteiger partial charge in [-0.05, 0) is 59.9 Å². The fourth-order valence-corrected chi connectivity index (χ4v) is 4.75. The first kappa shape index (κ1) is 24.6. The van der Waals surface area contributed by atoms with Gasteiger partial charge in [-0.1, -0.05) is 36.4 Å². The maximum absolute atomic E-state index is 12.8. The van der Waals surface area contributed by atoms with Gasteiger partial charge in [0.15, 0.2) is 0 Å². The molecule has 3 aromatic rings. The first-order chi connectivity index (χ1) is 17.1. The number of carbonyl (C=O) groups is 1. The van der Waals surface area contributed by atoms with E-state index in [1.807, 2.05) is 36.4 Å². The number of ether oxygens (including phenoxy) is 3. The number of fused-ring (bicyclic) bond motifs is 1. The van der Waals surface area contributed by atoms with Crippen LogP contribution in [0.3, 0.4) is 0 Å². The van der Waals surface area contributed by atoms with E-state index in [2.05, 4.69) is 40.5 Å². The van der Waals surface area contributed by atoms with E-state index in [1.165, 1.54) is 22.3 Å². The number of nitrogens with zero attached hydrogens (tertiary/aromatic N) is 1. The minimum Gasteiger partial charge on any atom is -0.497 e. The molecule has 1 amide bonds. The second-order valence-corrected chi connectivity index (χ2v) is 8.80. The van der Waals surface area contributed by atoms with E-state index in [9.17, 15) is 4.79 Å². The van der Waals surface area contributed by atoms with Crippen molar-refractivity contribution in [1.29, 1.82) is 0 Å². The summed E-state index contributed by atoms with van der Waals surface area (Å²) < 4.78 is 16.2. The quantitative estimate of drug-likeness (QED) is 0.472. The summed E-state index contributed by atoms with van der Waals surface area (Å²) in [5, 5.41) is 3.14. The summed E-state index contributed by atoms with van der Waals surface area (Å²) in [6.07, 6.45) is 1.72. The molecule has 1 aliphatic heterocycles. The summed E-state index contributed by atoms with van der Waals surface area (Å²) in [5.74, 6) is 2.75. The van der Waals surface area contributed by atoms with Gasteiger partial charge in [0.05, 0.1) is 27.9 Å². The molecule has 0 aromatic heterocycles. The molecule has 0 bridgehead atoms. The topological polar surface area (TPSA) is 60.0 Å². The monoisotopic (exact) mass is 474 g/mol. The summed E-state index contributed by atoms with van der Waals surface area (Å²) in [6.45, 7) is 2.57. The first-order valence-electron chi connectivity index (χ1n) is 12.0. The summed E-state index contributed by atoms with van der Waals surface area (Å²) in [4.78, 5) is 15.0. The third-order valence-electron chi connectivity index (χ3n) is 6.69. The SMILES string of the molecule is COc1ccc(C(CCNC(=O)CN2CCc3cccc(OC)c3C2)c2ccc(OC)cc2)cc1. The standard InChI is InChI=1S/C29H34N2O4/c1-33-24-11-7-22(8-12-24)26(23-9-13-25(34-2)14-10-23)15-17-30-29(32)20-31-18-16-21-5-4-6-28(35-3)27(21)19-31/h4-14,26H,15-20H2,1-3H3,(H,30,32). The molecule has 6 nitrogen and oxygen atoms in total. The largest absolute Gasteiger partial charge is 0.497 e. The minimum absolute atomic E-state index is 0.0477. The molecule has 184 valence electrons. The van der Waals surface area contributed by atoms with Crippen molar-refractivity contribution in [3.05, 3.63) is 89.0 Å². The molecule has 4 rings (SSSR count). The van der Waals surface area contributed by atoms with Gasteiger partial charge >= 0.3 is 0 Å². The Labute approximate surface area is 207 Å². The molecule has 0 atom stereocenters. The molecule has 6 heteroatoms. The summed E-state index contributed by atoms with van der Waals surface area (Å²) in [5.41, 5.74) is 4.87. The Morgan fingerprint density at radius 2 is 1.51 bits per heavy atom. The molecule has 0 fully saturated rings. The van der Waals surface area contributed by atoms with Gasteiger partial charge in [-0.25, -0.2) is 0 Å². The number of hydrogen-bond acceptors (Lipinski definition) is 5. The predicted molar refractivity (Wildman–Crippen MR) is 137 cm³/mol. The molecule has 0 aliphatic carbocycles. The summed E-state index contributed by atoms with van der Waals surface area (Å²) >= 11 is 0. The number of nitrogens with one attached hydrogen (secondary N) is 1. The molecule has 0 radical (unpaired) electrons. The summed E-state index contributed by atoms with van der Waals surface area (Å²) in [7, 11) is 5.04. The maximum atomic E-state index is 12.8. The van der Waals surface area contributed by atoms with Crippen LogP contribution in [-0.2, 0) is 17.8 Å². The van der Waals surface area contributed by atoms with Gasteiger partial charge in [-0.2, -0.15) is 0 Å². The van der Waals surface area contributed by atoms with Gasteiger partial charge < -0.3 is 19.5 Å². The zero-order valence-corrected chi connectivity index (χ0v) is 20.8. The van der Waals surface area contributed by atoms with E-state index < -0.39 is 0 Å². The van der Waals surface area contributed by atoms with Crippen LogP contribution in [0.25, 0.3) is 0 Å². The zero-order chi connectivity index (χ0) is 24.6. The van der Waals surface area contributed by atoms with Crippen molar-refractivity contribution in [3.8, 4) is 17.2 Å². The zero-order valence-electron chi connectivity index (χ0n) is 20.8. The fourth-order valence-electron chi connectivity index (χ4n) is 4.75. The fraction of sp³-hybridized carbons (Fsp3) is 0.345. The molecule has 0 saturated heterocycles. The van der Waals surface area contributed by atoms with Gasteiger partial charge in [0.1, 0.15) is 17.2 Å². The van der Waals surface area contributed by atoms with Crippen molar-refractivity contribution in [2.45, 2.75) is 25.3 Å². The number of carbonyl (C=O) groups excluding carboxylic acids is 1. The van der Waals surface area contributed by atoms with Gasteiger partial charge in [0.2, 0.25) is 5.91 Å². The van der Waals surface area contributed by atoms with Crippen molar-refractivity contribution in [2.24, 2.45) is 0 Å². The van der Waals surface area contributed by atoms with Gasteiger partial charge in [0, 0.05) is 31.1 Å². The Bertz CT molecular complexity index is 1050. The summed E-state index contributed by atoms with van der Waals surface area (Å²) in [6, 6.07) is 22.4. The molecule has 1 aliphatic rings. The van der Waals surface area contributed by atoms with Crippen LogP contribution < -0.4 is 19.5 Å². The lowest BCUT2D eigenvalue weighted by atomic mass is 9.88. The molecular weight excluding hydrogens is 440 g/mol. The van der Waals surface area contributed by atoms with Crippen LogP contribution in [-0.4, -0.2) is 51.8 Å². The van der Waals surface area contributed by atoms with Crippen LogP contribution in [0.5, 0.6) is 17.2 Å². The molecule has 0 unspecified atom stereocenters. The minimum atomic E-state index is 0.0477. The first-order valence-corrected chi connectivity index (χ1v) is 12.0. The molecule has 35 heavy (non-hydrogen) atoms. The Balaban J connectivity index is 1.37. The van der Waals surface area contributed by atoms with Gasteiger partial charge in [0.25, 0.3) is 0 Å². The Kier molecular flexibility index (Phi) is 8.27. The average Bonchev–Trinajstić information content (AvgIpc) is 2.91. The molecule has 1 N–H and O–H groups in total. The van der Waals surface area contributed by atoms with E-state index in [0.717, 1.165) is 43.2 Å². The Morgan fingerprint density at radius 1 is 0.886 bits per heavy atom. The number of hydrogen-bond donors (Lipinski definition) is 1. The number of methoxy groups -OCH3 is 3. The maximum Gasteiger partial charge on any atom is 0.234 e. The Hall–Kier alpha value is -3.51. The molecular formula is C29H34N2O4. The van der Waals surface area contributed by atoms with E-state index in [0.29, 0.717) is 13.1 Å². The highest BCUT2D eigenvalue weighted by atomic mass is 16.5. The van der Waals surface area contributed by atoms with Crippen molar-refractivity contribution in [3.63, 3.8) is 0 Å². The van der Waals surface area contributed by atoms with Crippen molar-refractivity contribution in [2.75, 3.05) is 41.0 Å². The smallest absolute Gasteiger partial charge is 0.234 e. The molecule has 0 spiro atoms. The second-order valence-electron chi connectivity index (χ2n) is 8.80. The van der Waals surface area contributed by atoms with Crippen LogP contribution in [0.1, 0.15) is 34.6 Å². The molecule has 0 saturated carbocycles. The van der Waals surface area contributed by atoms with Crippen molar-refractivity contribution in [1.82, 2.24) is 10.2 Å². The normalized spacial score (nSPS) is 13.3. The highest BCUT2D eigenvalue weighted by molar-refractivity contribution is 5.78. The van der Waals surface area contributed by atoms with E-state index in [-0.39, 0.29) is 11.8 Å². The highest BCUT2D eigenvalue weighted by Crippen LogP contribution is 2.31. The van der Waals surface area contributed by atoms with E-state index in [1.54, 1.807) is 21.3 Å². The van der Waals surface area contributed by atoms with Crippen LogP contribution in [0, 0.1) is 0 Å². The van der Waals surface area contributed by atoms with Crippen molar-refractivity contribution < 1.29 is 19.0 Å². The second kappa shape index (κ2) is 11.8. The highest BCUT2D eigenvalue weighted by Gasteiger charge is 2.21. The molecule has 3 aromatic carbocycles. The van der Waals surface area contributed by atoms with Crippen molar-refractivity contribution >= 4 is 5.91 Å². The van der Waals surface area contributed by atoms with Crippen LogP contribution in [0.4, 0.5) is 0 Å². The lowest BCUT2D eigenvalue weighted by Gasteiger charge is -2.29. The predicted octanol–water partition coefficient (Wildman–Crippen LogP) is 4.41. The number of rotatable bonds is 10. The number of amides is 1. The molecule has 1 heterocycles. The van der Waals surface area contributed by atoms with Crippen LogP contribution in [0.2, 0.25) is 0 Å². The lowest BCUT2D eigenvalue weighted by molar-refractivity contribution is -0.122. The van der Waals surface area contributed by atoms with E-state index >= 15 is 0 Å². The number of benzene rings is 3. The third kappa shape index (κ3) is 6.14. The van der Waals surface area contributed by atoms with Gasteiger partial charge in [-0.15, -0.1) is 0 Å². The van der Waals surface area contributed by atoms with Gasteiger partial charge in [-0.3, -0.25) is 9.69 Å². The lowest BCUT2D eigenvalue weighted by Crippen LogP contribution is -2.40. The average molecular weight is 475 g/mol. The third-order valence-corrected chi connectivity index (χ3v) is 6.69. The van der Waals surface area contributed by atoms with Crippen LogP contribution >= 0.6 is 0 Å².